The largest absolute Gasteiger partial charge is 0.505 e. The summed E-state index contributed by atoms with van der Waals surface area (Å²) in [5.74, 6) is -1.07. The van der Waals surface area contributed by atoms with Gasteiger partial charge in [-0.25, -0.2) is 4.39 Å². The number of benzene rings is 1. The van der Waals surface area contributed by atoms with Gasteiger partial charge in [-0.1, -0.05) is 6.07 Å². The zero-order valence-electron chi connectivity index (χ0n) is 5.71. The molecule has 0 saturated heterocycles. The van der Waals surface area contributed by atoms with Crippen LogP contribution in [0.5, 0.6) is 5.75 Å². The Morgan fingerprint density at radius 1 is 1.55 bits per heavy atom. The van der Waals surface area contributed by atoms with Crippen LogP contribution in [0.3, 0.4) is 0 Å². The molecule has 1 aromatic carbocycles. The molecule has 1 rings (SSSR count). The van der Waals surface area contributed by atoms with Crippen LogP contribution in [-0.4, -0.2) is 5.11 Å². The highest BCUT2D eigenvalue weighted by atomic mass is 19.1. The summed E-state index contributed by atoms with van der Waals surface area (Å²) in [5.41, 5.74) is 0.572. The number of phenols is 1. The van der Waals surface area contributed by atoms with Crippen LogP contribution in [0.2, 0.25) is 0 Å². The molecule has 0 spiro atoms. The van der Waals surface area contributed by atoms with Gasteiger partial charge in [0.15, 0.2) is 11.6 Å². The summed E-state index contributed by atoms with van der Waals surface area (Å²) in [6, 6.07) is 5.79. The van der Waals surface area contributed by atoms with E-state index in [1.54, 1.807) is 0 Å². The van der Waals surface area contributed by atoms with Crippen LogP contribution in [0.15, 0.2) is 18.2 Å². The number of hydrogen-bond acceptors (Lipinski definition) is 2. The van der Waals surface area contributed by atoms with Crippen molar-refractivity contribution in [2.75, 3.05) is 0 Å². The Bertz CT molecular complexity index is 303. The molecule has 0 aliphatic rings. The van der Waals surface area contributed by atoms with E-state index < -0.39 is 5.82 Å². The van der Waals surface area contributed by atoms with Crippen LogP contribution >= 0.6 is 0 Å². The van der Waals surface area contributed by atoms with E-state index in [1.807, 2.05) is 6.07 Å². The second-order valence-corrected chi connectivity index (χ2v) is 2.12. The van der Waals surface area contributed by atoms with Crippen molar-refractivity contribution in [1.29, 1.82) is 5.26 Å². The van der Waals surface area contributed by atoms with Crippen molar-refractivity contribution in [3.05, 3.63) is 29.6 Å². The Morgan fingerprint density at radius 3 is 2.82 bits per heavy atom. The lowest BCUT2D eigenvalue weighted by molar-refractivity contribution is 0.432. The summed E-state index contributed by atoms with van der Waals surface area (Å²) < 4.78 is 12.5. The first kappa shape index (κ1) is 7.55. The molecule has 0 bridgehead atoms. The highest BCUT2D eigenvalue weighted by Gasteiger charge is 1.99. The maximum absolute atomic E-state index is 12.5. The molecule has 0 aliphatic heterocycles. The van der Waals surface area contributed by atoms with Crippen molar-refractivity contribution in [3.8, 4) is 11.8 Å². The first-order valence-corrected chi connectivity index (χ1v) is 3.08. The second kappa shape index (κ2) is 3.02. The zero-order valence-corrected chi connectivity index (χ0v) is 5.71. The maximum Gasteiger partial charge on any atom is 0.165 e. The third-order valence-corrected chi connectivity index (χ3v) is 1.30. The van der Waals surface area contributed by atoms with Crippen molar-refractivity contribution in [1.82, 2.24) is 0 Å². The fourth-order valence-corrected chi connectivity index (χ4v) is 0.752. The number of hydrogen-bond donors (Lipinski definition) is 1. The van der Waals surface area contributed by atoms with Crippen LogP contribution in [0.4, 0.5) is 4.39 Å². The van der Waals surface area contributed by atoms with Crippen molar-refractivity contribution in [2.24, 2.45) is 0 Å². The molecule has 0 fully saturated rings. The molecule has 0 unspecified atom stereocenters. The van der Waals surface area contributed by atoms with Gasteiger partial charge in [-0.15, -0.1) is 0 Å². The summed E-state index contributed by atoms with van der Waals surface area (Å²) >= 11 is 0. The first-order chi connectivity index (χ1) is 5.24. The van der Waals surface area contributed by atoms with E-state index in [-0.39, 0.29) is 12.2 Å². The minimum atomic E-state index is -0.683. The monoisotopic (exact) mass is 151 g/mol. The lowest BCUT2D eigenvalue weighted by Crippen LogP contribution is -1.83. The highest BCUT2D eigenvalue weighted by Crippen LogP contribution is 2.15. The molecular formula is C8H6FNO. The van der Waals surface area contributed by atoms with E-state index >= 15 is 0 Å². The fourth-order valence-electron chi connectivity index (χ4n) is 0.752. The smallest absolute Gasteiger partial charge is 0.165 e. The standard InChI is InChI=1S/C8H6FNO/c9-7-5-6(3-4-10)1-2-8(7)11/h1-2,5,11H,3H2. The maximum atomic E-state index is 12.5. The number of nitriles is 1. The molecule has 1 aromatic rings. The highest BCUT2D eigenvalue weighted by molar-refractivity contribution is 5.29. The van der Waals surface area contributed by atoms with Gasteiger partial charge < -0.3 is 5.11 Å². The van der Waals surface area contributed by atoms with Crippen molar-refractivity contribution >= 4 is 0 Å². The van der Waals surface area contributed by atoms with Crippen LogP contribution < -0.4 is 0 Å². The Morgan fingerprint density at radius 2 is 2.27 bits per heavy atom. The lowest BCUT2D eigenvalue weighted by Gasteiger charge is -1.96. The van der Waals surface area contributed by atoms with E-state index in [4.69, 9.17) is 10.4 Å². The number of aromatic hydroxyl groups is 1. The Balaban J connectivity index is 2.98. The van der Waals surface area contributed by atoms with Gasteiger partial charge in [0.1, 0.15) is 0 Å². The molecule has 56 valence electrons. The first-order valence-electron chi connectivity index (χ1n) is 3.08. The molecule has 0 heterocycles. The molecule has 0 radical (unpaired) electrons. The average Bonchev–Trinajstić information content (AvgIpc) is 1.98. The molecular weight excluding hydrogens is 145 g/mol. The van der Waals surface area contributed by atoms with Crippen molar-refractivity contribution < 1.29 is 9.50 Å². The van der Waals surface area contributed by atoms with E-state index in [0.717, 1.165) is 6.07 Å². The molecule has 0 aliphatic carbocycles. The Hall–Kier alpha value is -1.56. The minimum Gasteiger partial charge on any atom is -0.505 e. The molecule has 2 nitrogen and oxygen atoms in total. The Labute approximate surface area is 63.5 Å². The molecule has 0 amide bonds. The van der Waals surface area contributed by atoms with E-state index in [0.29, 0.717) is 5.56 Å². The SMILES string of the molecule is N#CCc1ccc(O)c(F)c1. The van der Waals surface area contributed by atoms with Gasteiger partial charge in [0.25, 0.3) is 0 Å². The number of nitrogens with zero attached hydrogens (tertiary/aromatic N) is 1. The van der Waals surface area contributed by atoms with Gasteiger partial charge in [-0.2, -0.15) is 5.26 Å². The van der Waals surface area contributed by atoms with Gasteiger partial charge >= 0.3 is 0 Å². The predicted molar refractivity (Wildman–Crippen MR) is 37.4 cm³/mol. The van der Waals surface area contributed by atoms with Crippen LogP contribution in [0, 0.1) is 17.1 Å². The number of rotatable bonds is 1. The minimum absolute atomic E-state index is 0.164. The molecule has 0 saturated carbocycles. The molecule has 1 N–H and O–H groups in total. The molecule has 3 heteroatoms. The van der Waals surface area contributed by atoms with E-state index in [2.05, 4.69) is 0 Å². The Kier molecular flexibility index (Phi) is 2.07. The summed E-state index contributed by atoms with van der Waals surface area (Å²) in [4.78, 5) is 0. The molecule has 0 aromatic heterocycles. The van der Waals surface area contributed by atoms with Crippen molar-refractivity contribution in [3.63, 3.8) is 0 Å². The summed E-state index contributed by atoms with van der Waals surface area (Å²) in [5, 5.41) is 17.0. The quantitative estimate of drug-likeness (QED) is 0.662. The van der Waals surface area contributed by atoms with Gasteiger partial charge in [-0.3, -0.25) is 0 Å². The summed E-state index contributed by atoms with van der Waals surface area (Å²) in [6.07, 6.45) is 0.164. The van der Waals surface area contributed by atoms with Gasteiger partial charge in [0, 0.05) is 0 Å². The fraction of sp³-hybridized carbons (Fsp3) is 0.125. The van der Waals surface area contributed by atoms with Crippen LogP contribution in [0.25, 0.3) is 0 Å². The van der Waals surface area contributed by atoms with Gasteiger partial charge in [0.05, 0.1) is 12.5 Å². The van der Waals surface area contributed by atoms with E-state index in [9.17, 15) is 4.39 Å². The topological polar surface area (TPSA) is 44.0 Å². The van der Waals surface area contributed by atoms with Gasteiger partial charge in [0.2, 0.25) is 0 Å². The number of halogens is 1. The van der Waals surface area contributed by atoms with E-state index in [1.165, 1.54) is 12.1 Å². The van der Waals surface area contributed by atoms with Crippen LogP contribution in [-0.2, 0) is 6.42 Å². The number of phenolic OH excluding ortho intramolecular Hbond substituents is 1. The van der Waals surface area contributed by atoms with Crippen LogP contribution in [0.1, 0.15) is 5.56 Å². The summed E-state index contributed by atoms with van der Waals surface area (Å²) in [7, 11) is 0. The normalized spacial score (nSPS) is 9.09. The molecule has 11 heavy (non-hydrogen) atoms. The zero-order chi connectivity index (χ0) is 8.27. The third-order valence-electron chi connectivity index (χ3n) is 1.30. The second-order valence-electron chi connectivity index (χ2n) is 2.12. The predicted octanol–water partition coefficient (Wildman–Crippen LogP) is 1.60. The lowest BCUT2D eigenvalue weighted by atomic mass is 10.1. The molecule has 0 atom stereocenters. The van der Waals surface area contributed by atoms with Crippen molar-refractivity contribution in [2.45, 2.75) is 6.42 Å². The average molecular weight is 151 g/mol. The van der Waals surface area contributed by atoms with Gasteiger partial charge in [-0.05, 0) is 17.7 Å². The summed E-state index contributed by atoms with van der Waals surface area (Å²) in [6.45, 7) is 0. The third kappa shape index (κ3) is 1.68.